The fraction of sp³-hybridized carbons (Fsp3) is 0.438. The molecule has 0 atom stereocenters. The smallest absolute Gasteiger partial charge is 0.133 e. The molecule has 0 bridgehead atoms. The number of pyridine rings is 1. The van der Waals surface area contributed by atoms with Gasteiger partial charge in [0.2, 0.25) is 0 Å². The molecule has 0 saturated carbocycles. The molecule has 19 heavy (non-hydrogen) atoms. The number of aliphatic hydroxyl groups is 1. The molecular formula is C16H22N2O. The van der Waals surface area contributed by atoms with Crippen LogP contribution in [0.1, 0.15) is 26.7 Å². The zero-order valence-electron chi connectivity index (χ0n) is 11.7. The van der Waals surface area contributed by atoms with Gasteiger partial charge in [-0.15, -0.1) is 0 Å². The van der Waals surface area contributed by atoms with Crippen molar-refractivity contribution in [3.8, 4) is 0 Å². The van der Waals surface area contributed by atoms with Crippen LogP contribution in [-0.2, 0) is 0 Å². The first-order chi connectivity index (χ1) is 9.12. The molecule has 1 heterocycles. The first-order valence-corrected chi connectivity index (χ1v) is 6.81. The van der Waals surface area contributed by atoms with E-state index >= 15 is 0 Å². The summed E-state index contributed by atoms with van der Waals surface area (Å²) < 4.78 is 0. The molecule has 2 aromatic rings. The third-order valence-electron chi connectivity index (χ3n) is 3.42. The van der Waals surface area contributed by atoms with E-state index in [1.807, 2.05) is 24.4 Å². The highest BCUT2D eigenvalue weighted by Crippen LogP contribution is 2.25. The molecule has 1 aromatic heterocycles. The van der Waals surface area contributed by atoms with Crippen molar-refractivity contribution >= 4 is 16.6 Å². The molecule has 0 unspecified atom stereocenters. The second-order valence-electron chi connectivity index (χ2n) is 5.73. The first kappa shape index (κ1) is 13.8. The van der Waals surface area contributed by atoms with Gasteiger partial charge in [-0.1, -0.05) is 38.1 Å². The number of benzene rings is 1. The lowest BCUT2D eigenvalue weighted by Gasteiger charge is -2.25. The van der Waals surface area contributed by atoms with Crippen LogP contribution in [0.4, 0.5) is 5.82 Å². The zero-order valence-corrected chi connectivity index (χ0v) is 11.7. The summed E-state index contributed by atoms with van der Waals surface area (Å²) in [6.45, 7) is 5.53. The highest BCUT2D eigenvalue weighted by atomic mass is 16.2. The predicted octanol–water partition coefficient (Wildman–Crippen LogP) is 3.45. The molecule has 3 heteroatoms. The highest BCUT2D eigenvalue weighted by molar-refractivity contribution is 5.91. The average molecular weight is 258 g/mol. The number of hydrogen-bond donors (Lipinski definition) is 2. The van der Waals surface area contributed by atoms with Crippen LogP contribution in [-0.4, -0.2) is 23.2 Å². The maximum atomic E-state index is 8.92. The Morgan fingerprint density at radius 3 is 2.79 bits per heavy atom. The predicted molar refractivity (Wildman–Crippen MR) is 80.3 cm³/mol. The fourth-order valence-electron chi connectivity index (χ4n) is 2.23. The van der Waals surface area contributed by atoms with Crippen LogP contribution in [0, 0.1) is 5.41 Å². The lowest BCUT2D eigenvalue weighted by molar-refractivity contribution is 0.248. The molecule has 0 radical (unpaired) electrons. The van der Waals surface area contributed by atoms with Crippen molar-refractivity contribution in [3.63, 3.8) is 0 Å². The van der Waals surface area contributed by atoms with Gasteiger partial charge in [-0.2, -0.15) is 0 Å². The summed E-state index contributed by atoms with van der Waals surface area (Å²) in [6.07, 6.45) is 3.68. The number of aliphatic hydroxyl groups excluding tert-OH is 1. The van der Waals surface area contributed by atoms with Gasteiger partial charge in [0.1, 0.15) is 5.82 Å². The number of nitrogens with one attached hydrogen (secondary N) is 1. The normalized spacial score (nSPS) is 11.7. The molecule has 0 spiro atoms. The number of hydrogen-bond acceptors (Lipinski definition) is 3. The Kier molecular flexibility index (Phi) is 4.38. The van der Waals surface area contributed by atoms with E-state index in [-0.39, 0.29) is 12.0 Å². The number of rotatable bonds is 6. The Balaban J connectivity index is 2.09. The second kappa shape index (κ2) is 6.02. The number of aromatic nitrogens is 1. The average Bonchev–Trinajstić information content (AvgIpc) is 2.43. The standard InChI is InChI=1S/C16H22N2O/c1-16(2,9-5-11-19)12-18-15-14-7-4-3-6-13(14)8-10-17-15/h3-4,6-8,10,19H,5,9,11-12H2,1-2H3,(H,17,18). The Bertz CT molecular complexity index is 532. The van der Waals surface area contributed by atoms with Gasteiger partial charge in [0, 0.05) is 24.7 Å². The lowest BCUT2D eigenvalue weighted by Crippen LogP contribution is -2.23. The maximum Gasteiger partial charge on any atom is 0.133 e. The van der Waals surface area contributed by atoms with Gasteiger partial charge in [-0.25, -0.2) is 4.98 Å². The van der Waals surface area contributed by atoms with E-state index in [4.69, 9.17) is 5.11 Å². The maximum absolute atomic E-state index is 8.92. The monoisotopic (exact) mass is 258 g/mol. The summed E-state index contributed by atoms with van der Waals surface area (Å²) in [5.74, 6) is 0.940. The number of anilines is 1. The van der Waals surface area contributed by atoms with Gasteiger partial charge >= 0.3 is 0 Å². The minimum atomic E-state index is 0.154. The van der Waals surface area contributed by atoms with Gasteiger partial charge in [-0.05, 0) is 29.7 Å². The van der Waals surface area contributed by atoms with E-state index in [1.54, 1.807) is 0 Å². The molecule has 1 aromatic carbocycles. The van der Waals surface area contributed by atoms with Crippen molar-refractivity contribution in [2.24, 2.45) is 5.41 Å². The highest BCUT2D eigenvalue weighted by Gasteiger charge is 2.17. The molecule has 0 saturated heterocycles. The van der Waals surface area contributed by atoms with Crippen molar-refractivity contribution in [2.45, 2.75) is 26.7 Å². The summed E-state index contributed by atoms with van der Waals surface area (Å²) in [7, 11) is 0. The Morgan fingerprint density at radius 2 is 2.00 bits per heavy atom. The fourth-order valence-corrected chi connectivity index (χ4v) is 2.23. The van der Waals surface area contributed by atoms with Crippen LogP contribution in [0.5, 0.6) is 0 Å². The van der Waals surface area contributed by atoms with E-state index in [1.165, 1.54) is 5.39 Å². The molecule has 102 valence electrons. The molecule has 2 rings (SSSR count). The van der Waals surface area contributed by atoms with Crippen LogP contribution in [0.25, 0.3) is 10.8 Å². The van der Waals surface area contributed by atoms with Crippen molar-refractivity contribution in [3.05, 3.63) is 36.5 Å². The van der Waals surface area contributed by atoms with Crippen molar-refractivity contribution in [1.29, 1.82) is 0 Å². The minimum absolute atomic E-state index is 0.154. The summed E-state index contributed by atoms with van der Waals surface area (Å²) in [5.41, 5.74) is 0.154. The first-order valence-electron chi connectivity index (χ1n) is 6.81. The number of fused-ring (bicyclic) bond motifs is 1. The molecule has 0 aliphatic carbocycles. The van der Waals surface area contributed by atoms with E-state index in [0.717, 1.165) is 30.6 Å². The third kappa shape index (κ3) is 3.67. The molecule has 0 fully saturated rings. The minimum Gasteiger partial charge on any atom is -0.396 e. The van der Waals surface area contributed by atoms with Crippen molar-refractivity contribution in [2.75, 3.05) is 18.5 Å². The van der Waals surface area contributed by atoms with E-state index in [9.17, 15) is 0 Å². The van der Waals surface area contributed by atoms with Gasteiger partial charge in [0.25, 0.3) is 0 Å². The van der Waals surface area contributed by atoms with E-state index in [2.05, 4.69) is 36.3 Å². The van der Waals surface area contributed by atoms with Crippen LogP contribution < -0.4 is 5.32 Å². The van der Waals surface area contributed by atoms with Gasteiger partial charge in [0.05, 0.1) is 0 Å². The zero-order chi connectivity index (χ0) is 13.7. The Hall–Kier alpha value is -1.61. The quantitative estimate of drug-likeness (QED) is 0.834. The van der Waals surface area contributed by atoms with Gasteiger partial charge in [0.15, 0.2) is 0 Å². The third-order valence-corrected chi connectivity index (χ3v) is 3.42. The van der Waals surface area contributed by atoms with Crippen molar-refractivity contribution in [1.82, 2.24) is 4.98 Å². The van der Waals surface area contributed by atoms with Crippen LogP contribution in [0.3, 0.4) is 0 Å². The molecular weight excluding hydrogens is 236 g/mol. The van der Waals surface area contributed by atoms with Crippen LogP contribution >= 0.6 is 0 Å². The SMILES string of the molecule is CC(C)(CCCO)CNc1nccc2ccccc12. The summed E-state index contributed by atoms with van der Waals surface area (Å²) in [4.78, 5) is 4.43. The largest absolute Gasteiger partial charge is 0.396 e. The summed E-state index contributed by atoms with van der Waals surface area (Å²) in [6, 6.07) is 10.3. The van der Waals surface area contributed by atoms with Crippen LogP contribution in [0.15, 0.2) is 36.5 Å². The molecule has 0 aliphatic rings. The van der Waals surface area contributed by atoms with E-state index in [0.29, 0.717) is 0 Å². The molecule has 0 aliphatic heterocycles. The van der Waals surface area contributed by atoms with Gasteiger partial charge < -0.3 is 10.4 Å². The Labute approximate surface area is 114 Å². The molecule has 2 N–H and O–H groups in total. The molecule has 3 nitrogen and oxygen atoms in total. The molecule has 0 amide bonds. The van der Waals surface area contributed by atoms with E-state index < -0.39 is 0 Å². The Morgan fingerprint density at radius 1 is 1.21 bits per heavy atom. The summed E-state index contributed by atoms with van der Waals surface area (Å²) in [5, 5.41) is 14.7. The topological polar surface area (TPSA) is 45.1 Å². The second-order valence-corrected chi connectivity index (χ2v) is 5.73. The lowest BCUT2D eigenvalue weighted by atomic mass is 9.88. The van der Waals surface area contributed by atoms with Gasteiger partial charge in [-0.3, -0.25) is 0 Å². The number of nitrogens with zero attached hydrogens (tertiary/aromatic N) is 1. The summed E-state index contributed by atoms with van der Waals surface area (Å²) >= 11 is 0. The van der Waals surface area contributed by atoms with Crippen molar-refractivity contribution < 1.29 is 5.11 Å². The van der Waals surface area contributed by atoms with Crippen LogP contribution in [0.2, 0.25) is 0 Å².